The van der Waals surface area contributed by atoms with Crippen molar-refractivity contribution in [3.63, 3.8) is 0 Å². The van der Waals surface area contributed by atoms with Crippen molar-refractivity contribution in [1.82, 2.24) is 5.43 Å². The van der Waals surface area contributed by atoms with E-state index in [1.165, 1.54) is 0 Å². The standard InChI is InChI=1S/C18H17BrClN3O2/c1-12-15(20)3-2-4-16(12)22-17(24)9-10-18(25)23-21-11-13-5-7-14(19)8-6-13/h2-8,11H,9-10H2,1H3,(H,22,24)(H,23,25)/b21-11+. The van der Waals surface area contributed by atoms with Gasteiger partial charge in [0.15, 0.2) is 0 Å². The summed E-state index contributed by atoms with van der Waals surface area (Å²) in [6.45, 7) is 1.82. The maximum atomic E-state index is 11.9. The van der Waals surface area contributed by atoms with Crippen molar-refractivity contribution in [2.24, 2.45) is 5.10 Å². The summed E-state index contributed by atoms with van der Waals surface area (Å²) in [4.78, 5) is 23.7. The van der Waals surface area contributed by atoms with Crippen molar-refractivity contribution in [1.29, 1.82) is 0 Å². The molecule has 7 heteroatoms. The molecule has 2 aromatic rings. The summed E-state index contributed by atoms with van der Waals surface area (Å²) in [6.07, 6.45) is 1.65. The molecule has 0 radical (unpaired) electrons. The van der Waals surface area contributed by atoms with Crippen LogP contribution in [0.5, 0.6) is 0 Å². The first kappa shape index (κ1) is 19.1. The first-order valence-corrected chi connectivity index (χ1v) is 8.75. The number of carbonyl (C=O) groups is 2. The minimum Gasteiger partial charge on any atom is -0.326 e. The van der Waals surface area contributed by atoms with E-state index in [1.807, 2.05) is 31.2 Å². The summed E-state index contributed by atoms with van der Waals surface area (Å²) >= 11 is 9.35. The SMILES string of the molecule is Cc1c(Cl)cccc1NC(=O)CCC(=O)N/N=C/c1ccc(Br)cc1. The summed E-state index contributed by atoms with van der Waals surface area (Å²) in [5.41, 5.74) is 4.70. The molecule has 2 rings (SSSR count). The van der Waals surface area contributed by atoms with E-state index < -0.39 is 0 Å². The Morgan fingerprint density at radius 2 is 1.80 bits per heavy atom. The molecule has 0 aliphatic rings. The molecule has 2 amide bonds. The number of benzene rings is 2. The van der Waals surface area contributed by atoms with E-state index in [0.717, 1.165) is 15.6 Å². The average molecular weight is 423 g/mol. The maximum Gasteiger partial charge on any atom is 0.240 e. The van der Waals surface area contributed by atoms with Gasteiger partial charge in [-0.05, 0) is 42.3 Å². The Morgan fingerprint density at radius 1 is 1.12 bits per heavy atom. The first-order valence-electron chi connectivity index (χ1n) is 7.58. The molecular formula is C18H17BrClN3O2. The summed E-state index contributed by atoms with van der Waals surface area (Å²) in [5, 5.41) is 7.20. The predicted octanol–water partition coefficient (Wildman–Crippen LogP) is 4.28. The molecule has 0 fully saturated rings. The predicted molar refractivity (Wildman–Crippen MR) is 104 cm³/mol. The summed E-state index contributed by atoms with van der Waals surface area (Å²) in [7, 11) is 0. The van der Waals surface area contributed by atoms with E-state index in [0.29, 0.717) is 10.7 Å². The van der Waals surface area contributed by atoms with Crippen molar-refractivity contribution in [2.45, 2.75) is 19.8 Å². The highest BCUT2D eigenvalue weighted by Crippen LogP contribution is 2.23. The van der Waals surface area contributed by atoms with Gasteiger partial charge in [0.1, 0.15) is 0 Å². The van der Waals surface area contributed by atoms with Crippen LogP contribution in [-0.2, 0) is 9.59 Å². The van der Waals surface area contributed by atoms with E-state index in [2.05, 4.69) is 31.8 Å². The fraction of sp³-hybridized carbons (Fsp3) is 0.167. The Balaban J connectivity index is 1.76. The zero-order valence-corrected chi connectivity index (χ0v) is 15.9. The fourth-order valence-corrected chi connectivity index (χ4v) is 2.41. The molecule has 0 aromatic heterocycles. The fourth-order valence-electron chi connectivity index (χ4n) is 1.97. The maximum absolute atomic E-state index is 11.9. The van der Waals surface area contributed by atoms with Crippen molar-refractivity contribution in [3.8, 4) is 0 Å². The Hall–Kier alpha value is -2.18. The van der Waals surface area contributed by atoms with Crippen LogP contribution in [-0.4, -0.2) is 18.0 Å². The number of nitrogens with zero attached hydrogens (tertiary/aromatic N) is 1. The number of nitrogens with one attached hydrogen (secondary N) is 2. The number of rotatable bonds is 6. The number of hydrogen-bond donors (Lipinski definition) is 2. The molecule has 0 saturated heterocycles. The van der Waals surface area contributed by atoms with Crippen molar-refractivity contribution >= 4 is 51.2 Å². The molecule has 2 N–H and O–H groups in total. The molecule has 130 valence electrons. The van der Waals surface area contributed by atoms with Crippen LogP contribution in [0.15, 0.2) is 52.0 Å². The molecule has 5 nitrogen and oxygen atoms in total. The topological polar surface area (TPSA) is 70.6 Å². The highest BCUT2D eigenvalue weighted by molar-refractivity contribution is 9.10. The highest BCUT2D eigenvalue weighted by Gasteiger charge is 2.09. The van der Waals surface area contributed by atoms with Crippen LogP contribution in [0.2, 0.25) is 5.02 Å². The van der Waals surface area contributed by atoms with Crippen LogP contribution < -0.4 is 10.7 Å². The van der Waals surface area contributed by atoms with Gasteiger partial charge in [-0.15, -0.1) is 0 Å². The number of anilines is 1. The normalized spacial score (nSPS) is 10.7. The van der Waals surface area contributed by atoms with Crippen LogP contribution in [0.4, 0.5) is 5.69 Å². The van der Waals surface area contributed by atoms with Crippen LogP contribution in [0, 0.1) is 6.92 Å². The molecule has 2 aromatic carbocycles. The zero-order valence-electron chi connectivity index (χ0n) is 13.6. The average Bonchev–Trinajstić information content (AvgIpc) is 2.59. The van der Waals surface area contributed by atoms with Crippen LogP contribution in [0.1, 0.15) is 24.0 Å². The lowest BCUT2D eigenvalue weighted by atomic mass is 10.2. The molecule has 0 aliphatic carbocycles. The lowest BCUT2D eigenvalue weighted by Gasteiger charge is -2.09. The zero-order chi connectivity index (χ0) is 18.2. The summed E-state index contributed by atoms with van der Waals surface area (Å²) < 4.78 is 0.967. The van der Waals surface area contributed by atoms with E-state index in [1.54, 1.807) is 24.4 Å². The molecule has 25 heavy (non-hydrogen) atoms. The minimum atomic E-state index is -0.327. The van der Waals surface area contributed by atoms with Gasteiger partial charge in [-0.25, -0.2) is 5.43 Å². The van der Waals surface area contributed by atoms with Crippen molar-refractivity contribution < 1.29 is 9.59 Å². The van der Waals surface area contributed by atoms with Gasteiger partial charge in [0.05, 0.1) is 6.21 Å². The van der Waals surface area contributed by atoms with Gasteiger partial charge in [-0.3, -0.25) is 9.59 Å². The van der Waals surface area contributed by atoms with E-state index >= 15 is 0 Å². The third-order valence-corrected chi connectivity index (χ3v) is 4.33. The summed E-state index contributed by atoms with van der Waals surface area (Å²) in [6, 6.07) is 12.8. The summed E-state index contributed by atoms with van der Waals surface area (Å²) in [5.74, 6) is -0.580. The van der Waals surface area contributed by atoms with Gasteiger partial charge < -0.3 is 5.32 Å². The molecule has 0 spiro atoms. The van der Waals surface area contributed by atoms with Crippen molar-refractivity contribution in [3.05, 3.63) is 63.1 Å². The van der Waals surface area contributed by atoms with Crippen LogP contribution >= 0.6 is 27.5 Å². The second-order valence-electron chi connectivity index (χ2n) is 5.31. The Bertz CT molecular complexity index is 791. The van der Waals surface area contributed by atoms with E-state index in [9.17, 15) is 9.59 Å². The van der Waals surface area contributed by atoms with Crippen LogP contribution in [0.25, 0.3) is 0 Å². The van der Waals surface area contributed by atoms with Gasteiger partial charge in [-0.1, -0.05) is 45.7 Å². The Morgan fingerprint density at radius 3 is 2.52 bits per heavy atom. The molecular weight excluding hydrogens is 406 g/mol. The molecule has 0 bridgehead atoms. The second kappa shape index (κ2) is 9.34. The lowest BCUT2D eigenvalue weighted by Crippen LogP contribution is -2.20. The van der Waals surface area contributed by atoms with Gasteiger partial charge in [-0.2, -0.15) is 5.10 Å². The van der Waals surface area contributed by atoms with Gasteiger partial charge >= 0.3 is 0 Å². The van der Waals surface area contributed by atoms with Crippen LogP contribution in [0.3, 0.4) is 0 Å². The van der Waals surface area contributed by atoms with E-state index in [4.69, 9.17) is 11.6 Å². The van der Waals surface area contributed by atoms with E-state index in [-0.39, 0.29) is 24.7 Å². The van der Waals surface area contributed by atoms with Gasteiger partial charge in [0.2, 0.25) is 11.8 Å². The number of amides is 2. The monoisotopic (exact) mass is 421 g/mol. The smallest absolute Gasteiger partial charge is 0.240 e. The number of halogens is 2. The highest BCUT2D eigenvalue weighted by atomic mass is 79.9. The first-order chi connectivity index (χ1) is 12.0. The number of hydrogen-bond acceptors (Lipinski definition) is 3. The van der Waals surface area contributed by atoms with Crippen molar-refractivity contribution in [2.75, 3.05) is 5.32 Å². The third-order valence-electron chi connectivity index (χ3n) is 3.39. The molecule has 0 aliphatic heterocycles. The van der Waals surface area contributed by atoms with Gasteiger partial charge in [0, 0.05) is 28.0 Å². The quantitative estimate of drug-likeness (QED) is 0.539. The Labute approximate surface area is 159 Å². The Kier molecular flexibility index (Phi) is 7.16. The molecule has 0 unspecified atom stereocenters. The lowest BCUT2D eigenvalue weighted by molar-refractivity contribution is -0.124. The minimum absolute atomic E-state index is 0.0448. The number of hydrazone groups is 1. The third kappa shape index (κ3) is 6.32. The largest absolute Gasteiger partial charge is 0.326 e. The number of carbonyl (C=O) groups excluding carboxylic acids is 2. The molecule has 0 saturated carbocycles. The molecule has 0 heterocycles. The van der Waals surface area contributed by atoms with Gasteiger partial charge in [0.25, 0.3) is 0 Å². The second-order valence-corrected chi connectivity index (χ2v) is 6.63. The molecule has 0 atom stereocenters.